The van der Waals surface area contributed by atoms with Gasteiger partial charge in [-0.15, -0.1) is 0 Å². The Balaban J connectivity index is 2.89. The van der Waals surface area contributed by atoms with E-state index in [1.807, 2.05) is 0 Å². The van der Waals surface area contributed by atoms with Crippen LogP contribution in [0.15, 0.2) is 16.6 Å². The maximum absolute atomic E-state index is 13.5. The predicted molar refractivity (Wildman–Crippen MR) is 67.1 cm³/mol. The number of carbonyl (C=O) groups is 1. The van der Waals surface area contributed by atoms with Gasteiger partial charge >= 0.3 is 5.97 Å². The summed E-state index contributed by atoms with van der Waals surface area (Å²) in [6.45, 7) is 2.07. The van der Waals surface area contributed by atoms with Crippen LogP contribution in [0.4, 0.5) is 4.39 Å². The van der Waals surface area contributed by atoms with Crippen molar-refractivity contribution in [3.8, 4) is 0 Å². The van der Waals surface area contributed by atoms with Crippen molar-refractivity contribution in [3.63, 3.8) is 0 Å². The third kappa shape index (κ3) is 3.56. The lowest BCUT2D eigenvalue weighted by Gasteiger charge is -2.07. The molecule has 0 spiro atoms. The highest BCUT2D eigenvalue weighted by atomic mass is 79.9. The molecule has 0 saturated carbocycles. The van der Waals surface area contributed by atoms with Gasteiger partial charge in [0.15, 0.2) is 0 Å². The van der Waals surface area contributed by atoms with Gasteiger partial charge in [0, 0.05) is 9.80 Å². The summed E-state index contributed by atoms with van der Waals surface area (Å²) in [6.07, 6.45) is 0.0773. The van der Waals surface area contributed by atoms with Gasteiger partial charge in [0.25, 0.3) is 0 Å². The van der Waals surface area contributed by atoms with Gasteiger partial charge in [-0.25, -0.2) is 4.39 Å². The fourth-order valence-corrected chi connectivity index (χ4v) is 2.20. The predicted octanol–water partition coefficient (Wildman–Crippen LogP) is 3.59. The van der Waals surface area contributed by atoms with Crippen molar-refractivity contribution in [3.05, 3.63) is 33.5 Å². The molecule has 0 fully saturated rings. The number of benzene rings is 1. The SMILES string of the molecule is CCOC(=O)Cc1cc(F)c(CBr)cc1Br. The fraction of sp³-hybridized carbons (Fsp3) is 0.364. The number of alkyl halides is 1. The van der Waals surface area contributed by atoms with Crippen LogP contribution in [0, 0.1) is 5.82 Å². The van der Waals surface area contributed by atoms with E-state index in [0.717, 1.165) is 4.47 Å². The fourth-order valence-electron chi connectivity index (χ4n) is 1.23. The normalized spacial score (nSPS) is 10.2. The van der Waals surface area contributed by atoms with E-state index in [4.69, 9.17) is 4.74 Å². The quantitative estimate of drug-likeness (QED) is 0.610. The van der Waals surface area contributed by atoms with Crippen LogP contribution < -0.4 is 0 Å². The number of hydrogen-bond donors (Lipinski definition) is 0. The third-order valence-corrected chi connectivity index (χ3v) is 3.34. The first-order valence-electron chi connectivity index (χ1n) is 4.76. The van der Waals surface area contributed by atoms with Crippen LogP contribution >= 0.6 is 31.9 Å². The van der Waals surface area contributed by atoms with Crippen molar-refractivity contribution < 1.29 is 13.9 Å². The maximum Gasteiger partial charge on any atom is 0.310 e. The van der Waals surface area contributed by atoms with Crippen LogP contribution in [-0.4, -0.2) is 12.6 Å². The third-order valence-electron chi connectivity index (χ3n) is 2.00. The molecule has 0 aliphatic rings. The van der Waals surface area contributed by atoms with Crippen LogP contribution in [-0.2, 0) is 21.3 Å². The molecule has 0 atom stereocenters. The van der Waals surface area contributed by atoms with Gasteiger partial charge in [0.2, 0.25) is 0 Å². The molecule has 0 saturated heterocycles. The molecule has 16 heavy (non-hydrogen) atoms. The minimum absolute atomic E-state index is 0.0773. The second-order valence-electron chi connectivity index (χ2n) is 3.15. The largest absolute Gasteiger partial charge is 0.466 e. The van der Waals surface area contributed by atoms with E-state index in [1.54, 1.807) is 13.0 Å². The van der Waals surface area contributed by atoms with Crippen LogP contribution in [0.3, 0.4) is 0 Å². The molecule has 88 valence electrons. The van der Waals surface area contributed by atoms with Crippen molar-refractivity contribution in [2.24, 2.45) is 0 Å². The first-order valence-corrected chi connectivity index (χ1v) is 6.68. The molecule has 0 aromatic heterocycles. The van der Waals surface area contributed by atoms with E-state index in [-0.39, 0.29) is 18.2 Å². The lowest BCUT2D eigenvalue weighted by molar-refractivity contribution is -0.142. The zero-order valence-electron chi connectivity index (χ0n) is 8.73. The van der Waals surface area contributed by atoms with Gasteiger partial charge in [-0.2, -0.15) is 0 Å². The smallest absolute Gasteiger partial charge is 0.310 e. The summed E-state index contributed by atoms with van der Waals surface area (Å²) in [5.41, 5.74) is 1.15. The highest BCUT2D eigenvalue weighted by Gasteiger charge is 2.11. The standard InChI is InChI=1S/C11H11Br2FO2/c1-2-16-11(15)5-7-4-10(14)8(6-12)3-9(7)13/h3-4H,2,5-6H2,1H3. The molecule has 1 rings (SSSR count). The average molecular weight is 354 g/mol. The van der Waals surface area contributed by atoms with Gasteiger partial charge < -0.3 is 4.74 Å². The molecule has 1 aromatic carbocycles. The molecule has 1 aromatic rings. The molecule has 5 heteroatoms. The molecule has 0 unspecified atom stereocenters. The van der Waals surface area contributed by atoms with Gasteiger partial charge in [-0.05, 0) is 30.2 Å². The van der Waals surface area contributed by atoms with Crippen LogP contribution in [0.1, 0.15) is 18.1 Å². The minimum atomic E-state index is -0.353. The highest BCUT2D eigenvalue weighted by molar-refractivity contribution is 9.10. The Labute approximate surface area is 110 Å². The number of hydrogen-bond acceptors (Lipinski definition) is 2. The van der Waals surface area contributed by atoms with Crippen molar-refractivity contribution >= 4 is 37.8 Å². The molecular formula is C11H11Br2FO2. The summed E-state index contributed by atoms with van der Waals surface area (Å²) in [6, 6.07) is 3.02. The van der Waals surface area contributed by atoms with E-state index >= 15 is 0 Å². The molecule has 0 radical (unpaired) electrons. The average Bonchev–Trinajstić information content (AvgIpc) is 2.23. The summed E-state index contributed by atoms with van der Waals surface area (Å²) >= 11 is 6.50. The number of esters is 1. The first-order chi connectivity index (χ1) is 7.58. The summed E-state index contributed by atoms with van der Waals surface area (Å²) < 4.78 is 19.0. The summed E-state index contributed by atoms with van der Waals surface area (Å²) in [7, 11) is 0. The minimum Gasteiger partial charge on any atom is -0.466 e. The van der Waals surface area contributed by atoms with Crippen molar-refractivity contribution in [1.82, 2.24) is 0 Å². The summed E-state index contributed by atoms with van der Waals surface area (Å²) in [5.74, 6) is -0.673. The number of ether oxygens (including phenoxy) is 1. The Morgan fingerprint density at radius 3 is 2.69 bits per heavy atom. The second-order valence-corrected chi connectivity index (χ2v) is 4.57. The van der Waals surface area contributed by atoms with Gasteiger partial charge in [0.1, 0.15) is 5.82 Å². The second kappa shape index (κ2) is 6.35. The van der Waals surface area contributed by atoms with Crippen LogP contribution in [0.2, 0.25) is 0 Å². The Kier molecular flexibility index (Phi) is 5.41. The molecule has 0 amide bonds. The lowest BCUT2D eigenvalue weighted by atomic mass is 10.1. The van der Waals surface area contributed by atoms with E-state index in [1.165, 1.54) is 6.07 Å². The molecule has 0 bridgehead atoms. The van der Waals surface area contributed by atoms with E-state index in [9.17, 15) is 9.18 Å². The number of halogens is 3. The van der Waals surface area contributed by atoms with Crippen molar-refractivity contribution in [1.29, 1.82) is 0 Å². The van der Waals surface area contributed by atoms with Crippen LogP contribution in [0.5, 0.6) is 0 Å². The lowest BCUT2D eigenvalue weighted by Crippen LogP contribution is -2.08. The molecule has 0 aliphatic heterocycles. The zero-order chi connectivity index (χ0) is 12.1. The highest BCUT2D eigenvalue weighted by Crippen LogP contribution is 2.23. The number of carbonyl (C=O) groups excluding carboxylic acids is 1. The van der Waals surface area contributed by atoms with Crippen LogP contribution in [0.25, 0.3) is 0 Å². The Hall–Kier alpha value is -0.420. The molecule has 0 aliphatic carbocycles. The summed E-state index contributed by atoms with van der Waals surface area (Å²) in [4.78, 5) is 11.3. The molecule has 0 N–H and O–H groups in total. The monoisotopic (exact) mass is 352 g/mol. The van der Waals surface area contributed by atoms with Crippen molar-refractivity contribution in [2.45, 2.75) is 18.7 Å². The zero-order valence-corrected chi connectivity index (χ0v) is 11.9. The Morgan fingerprint density at radius 2 is 2.12 bits per heavy atom. The van der Waals surface area contributed by atoms with Gasteiger partial charge in [0.05, 0.1) is 13.0 Å². The maximum atomic E-state index is 13.5. The van der Waals surface area contributed by atoms with Gasteiger partial charge in [-0.3, -0.25) is 4.79 Å². The molecular weight excluding hydrogens is 343 g/mol. The summed E-state index contributed by atoms with van der Waals surface area (Å²) in [5, 5.41) is 0.442. The number of rotatable bonds is 4. The van der Waals surface area contributed by atoms with Crippen molar-refractivity contribution in [2.75, 3.05) is 6.61 Å². The Bertz CT molecular complexity index is 394. The van der Waals surface area contributed by atoms with E-state index in [2.05, 4.69) is 31.9 Å². The van der Waals surface area contributed by atoms with Gasteiger partial charge in [-0.1, -0.05) is 31.9 Å². The topological polar surface area (TPSA) is 26.3 Å². The Morgan fingerprint density at radius 1 is 1.44 bits per heavy atom. The van der Waals surface area contributed by atoms with E-state index < -0.39 is 0 Å². The first kappa shape index (κ1) is 13.6. The molecule has 2 nitrogen and oxygen atoms in total. The molecule has 0 heterocycles. The van der Waals surface area contributed by atoms with E-state index in [0.29, 0.717) is 23.1 Å².